The third-order valence-electron chi connectivity index (χ3n) is 3.47. The van der Waals surface area contributed by atoms with Gasteiger partial charge in [-0.2, -0.15) is 0 Å². The first kappa shape index (κ1) is 15.3. The number of aromatic nitrogens is 2. The number of anilines is 1. The Bertz CT molecular complexity index is 779. The van der Waals surface area contributed by atoms with Crippen LogP contribution in [0.3, 0.4) is 0 Å². The summed E-state index contributed by atoms with van der Waals surface area (Å²) in [6.45, 7) is 0.740. The van der Waals surface area contributed by atoms with Gasteiger partial charge in [-0.25, -0.2) is 4.98 Å². The van der Waals surface area contributed by atoms with E-state index in [1.165, 1.54) is 5.56 Å². The first-order chi connectivity index (χ1) is 10.6. The lowest BCUT2D eigenvalue weighted by molar-refractivity contribution is 0.906. The maximum Gasteiger partial charge on any atom is 0.203 e. The Morgan fingerprint density at radius 1 is 1.05 bits per heavy atom. The zero-order valence-electron chi connectivity index (χ0n) is 12.1. The Kier molecular flexibility index (Phi) is 4.64. The van der Waals surface area contributed by atoms with Crippen LogP contribution in [0.1, 0.15) is 5.56 Å². The molecule has 0 radical (unpaired) electrons. The largest absolute Gasteiger partial charge is 0.352 e. The van der Waals surface area contributed by atoms with E-state index < -0.39 is 0 Å². The molecule has 0 unspecified atom stereocenters. The summed E-state index contributed by atoms with van der Waals surface area (Å²) in [4.78, 5) is 4.48. The van der Waals surface area contributed by atoms with Gasteiger partial charge in [0.05, 0.1) is 11.9 Å². The summed E-state index contributed by atoms with van der Waals surface area (Å²) in [5.41, 5.74) is 3.44. The molecule has 0 amide bonds. The summed E-state index contributed by atoms with van der Waals surface area (Å²) in [6, 6.07) is 16.5. The van der Waals surface area contributed by atoms with Crippen LogP contribution in [-0.4, -0.2) is 9.55 Å². The van der Waals surface area contributed by atoms with Gasteiger partial charge in [-0.05, 0) is 35.4 Å². The van der Waals surface area contributed by atoms with Gasteiger partial charge in [-0.3, -0.25) is 0 Å². The van der Waals surface area contributed by atoms with Crippen molar-refractivity contribution in [2.75, 3.05) is 5.32 Å². The molecule has 22 heavy (non-hydrogen) atoms. The van der Waals surface area contributed by atoms with Gasteiger partial charge in [-0.1, -0.05) is 56.1 Å². The van der Waals surface area contributed by atoms with Gasteiger partial charge >= 0.3 is 0 Å². The summed E-state index contributed by atoms with van der Waals surface area (Å²) in [5.74, 6) is 0.859. The van der Waals surface area contributed by atoms with Crippen molar-refractivity contribution in [2.24, 2.45) is 7.05 Å². The summed E-state index contributed by atoms with van der Waals surface area (Å²) < 4.78 is 4.23. The Hall–Kier alpha value is -1.59. The van der Waals surface area contributed by atoms with Crippen molar-refractivity contribution in [2.45, 2.75) is 6.54 Å². The van der Waals surface area contributed by atoms with Crippen LogP contribution in [0.4, 0.5) is 5.95 Å². The summed E-state index contributed by atoms with van der Waals surface area (Å²) in [5, 5.41) is 3.38. The molecule has 0 atom stereocenters. The highest BCUT2D eigenvalue weighted by Gasteiger charge is 2.08. The number of nitrogens with one attached hydrogen (secondary N) is 1. The molecule has 1 N–H and O–H groups in total. The lowest BCUT2D eigenvalue weighted by Crippen LogP contribution is -2.05. The van der Waals surface area contributed by atoms with Crippen LogP contribution in [0.5, 0.6) is 0 Å². The van der Waals surface area contributed by atoms with Crippen molar-refractivity contribution >= 4 is 37.8 Å². The van der Waals surface area contributed by atoms with Crippen molar-refractivity contribution < 1.29 is 0 Å². The first-order valence-corrected chi connectivity index (χ1v) is 8.48. The average molecular weight is 421 g/mol. The average Bonchev–Trinajstić information content (AvgIpc) is 2.87. The van der Waals surface area contributed by atoms with Crippen molar-refractivity contribution in [1.29, 1.82) is 0 Å². The van der Waals surface area contributed by atoms with E-state index in [9.17, 15) is 0 Å². The summed E-state index contributed by atoms with van der Waals surface area (Å²) in [7, 11) is 2.02. The number of nitrogens with zero attached hydrogens (tertiary/aromatic N) is 2. The van der Waals surface area contributed by atoms with Gasteiger partial charge in [-0.15, -0.1) is 0 Å². The van der Waals surface area contributed by atoms with Gasteiger partial charge in [0.2, 0.25) is 5.95 Å². The molecule has 3 rings (SSSR count). The second-order valence-corrected chi connectivity index (χ2v) is 6.85. The highest BCUT2D eigenvalue weighted by molar-refractivity contribution is 9.10. The molecule has 2 aromatic carbocycles. The van der Waals surface area contributed by atoms with Crippen LogP contribution in [0.25, 0.3) is 11.3 Å². The van der Waals surface area contributed by atoms with Crippen LogP contribution in [0, 0.1) is 0 Å². The molecular weight excluding hydrogens is 406 g/mol. The van der Waals surface area contributed by atoms with Gasteiger partial charge in [0, 0.05) is 22.5 Å². The number of halogens is 2. The molecular formula is C17H15Br2N3. The lowest BCUT2D eigenvalue weighted by Gasteiger charge is -2.09. The van der Waals surface area contributed by atoms with Crippen LogP contribution in [0.15, 0.2) is 63.7 Å². The monoisotopic (exact) mass is 419 g/mol. The molecule has 0 saturated heterocycles. The standard InChI is InChI=1S/C17H15Br2N3/c1-22-16(13-5-7-14(18)8-6-13)11-21-17(22)20-10-12-3-2-4-15(19)9-12/h2-9,11H,10H2,1H3,(H,20,21). The maximum absolute atomic E-state index is 4.48. The van der Waals surface area contributed by atoms with E-state index in [1.54, 1.807) is 0 Å². The molecule has 0 bridgehead atoms. The molecule has 0 saturated carbocycles. The summed E-state index contributed by atoms with van der Waals surface area (Å²) >= 11 is 6.95. The molecule has 0 aliphatic rings. The Balaban J connectivity index is 1.77. The number of hydrogen-bond donors (Lipinski definition) is 1. The molecule has 3 nitrogen and oxygen atoms in total. The second-order valence-electron chi connectivity index (χ2n) is 5.02. The highest BCUT2D eigenvalue weighted by Crippen LogP contribution is 2.24. The Morgan fingerprint density at radius 2 is 1.82 bits per heavy atom. The van der Waals surface area contributed by atoms with Crippen LogP contribution < -0.4 is 5.32 Å². The molecule has 5 heteroatoms. The zero-order chi connectivity index (χ0) is 15.5. The quantitative estimate of drug-likeness (QED) is 0.626. The number of hydrogen-bond acceptors (Lipinski definition) is 2. The number of benzene rings is 2. The third kappa shape index (κ3) is 3.42. The molecule has 112 valence electrons. The predicted octanol–water partition coefficient (Wildman–Crippen LogP) is 5.22. The predicted molar refractivity (Wildman–Crippen MR) is 97.8 cm³/mol. The minimum Gasteiger partial charge on any atom is -0.352 e. The molecule has 0 spiro atoms. The van der Waals surface area contributed by atoms with E-state index in [4.69, 9.17) is 0 Å². The molecule has 0 aliphatic carbocycles. The van der Waals surface area contributed by atoms with E-state index in [0.717, 1.165) is 32.7 Å². The van der Waals surface area contributed by atoms with E-state index >= 15 is 0 Å². The van der Waals surface area contributed by atoms with Crippen LogP contribution >= 0.6 is 31.9 Å². The zero-order valence-corrected chi connectivity index (χ0v) is 15.2. The lowest BCUT2D eigenvalue weighted by atomic mass is 10.2. The second kappa shape index (κ2) is 6.67. The van der Waals surface area contributed by atoms with E-state index in [1.807, 2.05) is 37.5 Å². The van der Waals surface area contributed by atoms with Crippen molar-refractivity contribution in [3.05, 3.63) is 69.2 Å². The Morgan fingerprint density at radius 3 is 2.55 bits per heavy atom. The third-order valence-corrected chi connectivity index (χ3v) is 4.49. The molecule has 3 aromatic rings. The summed E-state index contributed by atoms with van der Waals surface area (Å²) in [6.07, 6.45) is 1.90. The fraction of sp³-hybridized carbons (Fsp3) is 0.118. The highest BCUT2D eigenvalue weighted by atomic mass is 79.9. The first-order valence-electron chi connectivity index (χ1n) is 6.89. The van der Waals surface area contributed by atoms with Crippen molar-refractivity contribution in [1.82, 2.24) is 9.55 Å². The van der Waals surface area contributed by atoms with E-state index in [0.29, 0.717) is 0 Å². The SMILES string of the molecule is Cn1c(-c2ccc(Br)cc2)cnc1NCc1cccc(Br)c1. The van der Waals surface area contributed by atoms with Gasteiger partial charge < -0.3 is 9.88 Å². The van der Waals surface area contributed by atoms with Crippen LogP contribution in [-0.2, 0) is 13.6 Å². The van der Waals surface area contributed by atoms with Gasteiger partial charge in [0.1, 0.15) is 0 Å². The smallest absolute Gasteiger partial charge is 0.203 e. The molecule has 0 aliphatic heterocycles. The molecule has 1 heterocycles. The maximum atomic E-state index is 4.48. The van der Waals surface area contributed by atoms with E-state index in [2.05, 4.69) is 71.0 Å². The van der Waals surface area contributed by atoms with Gasteiger partial charge in [0.25, 0.3) is 0 Å². The van der Waals surface area contributed by atoms with Crippen molar-refractivity contribution in [3.63, 3.8) is 0 Å². The van der Waals surface area contributed by atoms with Crippen LogP contribution in [0.2, 0.25) is 0 Å². The molecule has 1 aromatic heterocycles. The van der Waals surface area contributed by atoms with E-state index in [-0.39, 0.29) is 0 Å². The van der Waals surface area contributed by atoms with Gasteiger partial charge in [0.15, 0.2) is 0 Å². The fourth-order valence-electron chi connectivity index (χ4n) is 2.29. The molecule has 0 fully saturated rings. The Labute approximate surface area is 146 Å². The normalized spacial score (nSPS) is 10.7. The van der Waals surface area contributed by atoms with Crippen molar-refractivity contribution in [3.8, 4) is 11.3 Å². The number of imidazole rings is 1. The number of rotatable bonds is 4. The topological polar surface area (TPSA) is 29.9 Å². The minimum absolute atomic E-state index is 0.740. The fourth-order valence-corrected chi connectivity index (χ4v) is 3.00. The minimum atomic E-state index is 0.740.